The molecule has 3 heteroatoms. The van der Waals surface area contributed by atoms with E-state index in [2.05, 4.69) is 18.2 Å². The van der Waals surface area contributed by atoms with Crippen LogP contribution in [0.1, 0.15) is 29.9 Å². The van der Waals surface area contributed by atoms with Crippen molar-refractivity contribution in [3.63, 3.8) is 0 Å². The standard InChI is InChI=1S/C24H22O2S/c25-27(26,22-14-8-3-9-15-22)24-18-20(16-19-10-4-1-5-11-19)17-23(24)21-12-6-2-7-13-21/h1-16,23-24H,17-18H2/b20-16-. The van der Waals surface area contributed by atoms with Crippen molar-refractivity contribution in [2.75, 3.05) is 0 Å². The molecule has 2 atom stereocenters. The number of allylic oxidation sites excluding steroid dienone is 1. The summed E-state index contributed by atoms with van der Waals surface area (Å²) in [5.41, 5.74) is 3.41. The first kappa shape index (κ1) is 17.7. The highest BCUT2D eigenvalue weighted by Crippen LogP contribution is 2.44. The van der Waals surface area contributed by atoms with Gasteiger partial charge in [0.25, 0.3) is 0 Å². The highest BCUT2D eigenvalue weighted by molar-refractivity contribution is 7.92. The lowest BCUT2D eigenvalue weighted by Crippen LogP contribution is -2.24. The number of hydrogen-bond donors (Lipinski definition) is 0. The molecule has 1 aliphatic carbocycles. The van der Waals surface area contributed by atoms with Crippen molar-refractivity contribution in [1.82, 2.24) is 0 Å². The zero-order valence-corrected chi connectivity index (χ0v) is 15.8. The molecule has 0 aromatic heterocycles. The Bertz CT molecular complexity index is 1020. The van der Waals surface area contributed by atoms with Crippen molar-refractivity contribution in [2.24, 2.45) is 0 Å². The molecule has 2 nitrogen and oxygen atoms in total. The molecule has 0 bridgehead atoms. The number of rotatable bonds is 4. The highest BCUT2D eigenvalue weighted by atomic mass is 32.2. The van der Waals surface area contributed by atoms with E-state index in [1.807, 2.05) is 54.6 Å². The fraction of sp³-hybridized carbons (Fsp3) is 0.167. The lowest BCUT2D eigenvalue weighted by atomic mass is 9.97. The van der Waals surface area contributed by atoms with E-state index in [9.17, 15) is 8.42 Å². The van der Waals surface area contributed by atoms with Gasteiger partial charge >= 0.3 is 0 Å². The Morgan fingerprint density at radius 3 is 1.89 bits per heavy atom. The van der Waals surface area contributed by atoms with Crippen LogP contribution in [0.2, 0.25) is 0 Å². The van der Waals surface area contributed by atoms with Crippen LogP contribution in [0.25, 0.3) is 6.08 Å². The fourth-order valence-electron chi connectivity index (χ4n) is 3.94. The van der Waals surface area contributed by atoms with E-state index < -0.39 is 15.1 Å². The maximum Gasteiger partial charge on any atom is 0.182 e. The molecule has 1 fully saturated rings. The Hall–Kier alpha value is -2.65. The minimum Gasteiger partial charge on any atom is -0.223 e. The Morgan fingerprint density at radius 1 is 0.704 bits per heavy atom. The Morgan fingerprint density at radius 2 is 1.26 bits per heavy atom. The van der Waals surface area contributed by atoms with E-state index in [4.69, 9.17) is 0 Å². The average Bonchev–Trinajstić information content (AvgIpc) is 3.15. The Balaban J connectivity index is 1.74. The molecule has 1 saturated carbocycles. The molecule has 0 aliphatic heterocycles. The van der Waals surface area contributed by atoms with Gasteiger partial charge in [-0.05, 0) is 36.1 Å². The molecule has 0 saturated heterocycles. The zero-order chi connectivity index (χ0) is 18.7. The van der Waals surface area contributed by atoms with Crippen LogP contribution in [-0.2, 0) is 9.84 Å². The molecule has 4 rings (SSSR count). The van der Waals surface area contributed by atoms with Crippen molar-refractivity contribution in [3.8, 4) is 0 Å². The monoisotopic (exact) mass is 374 g/mol. The smallest absolute Gasteiger partial charge is 0.182 e. The van der Waals surface area contributed by atoms with Gasteiger partial charge in [0.1, 0.15) is 0 Å². The summed E-state index contributed by atoms with van der Waals surface area (Å²) in [4.78, 5) is 0.414. The minimum absolute atomic E-state index is 0.0219. The third-order valence-electron chi connectivity index (χ3n) is 5.26. The first-order valence-corrected chi connectivity index (χ1v) is 10.8. The van der Waals surface area contributed by atoms with Gasteiger partial charge in [-0.1, -0.05) is 90.5 Å². The SMILES string of the molecule is O=S(=O)(c1ccccc1)C1C/C(=C\c2ccccc2)CC1c1ccccc1. The molecule has 27 heavy (non-hydrogen) atoms. The molecule has 3 aromatic carbocycles. The van der Waals surface area contributed by atoms with E-state index in [0.717, 1.165) is 17.5 Å². The van der Waals surface area contributed by atoms with Gasteiger partial charge in [0, 0.05) is 5.92 Å². The largest absolute Gasteiger partial charge is 0.223 e. The van der Waals surface area contributed by atoms with Gasteiger partial charge in [0.15, 0.2) is 9.84 Å². The third-order valence-corrected chi connectivity index (χ3v) is 7.48. The van der Waals surface area contributed by atoms with Gasteiger partial charge in [0.2, 0.25) is 0 Å². The molecule has 0 amide bonds. The second-order valence-corrected chi connectivity index (χ2v) is 9.20. The van der Waals surface area contributed by atoms with Crippen LogP contribution in [0, 0.1) is 0 Å². The zero-order valence-electron chi connectivity index (χ0n) is 15.0. The van der Waals surface area contributed by atoms with Gasteiger partial charge in [-0.2, -0.15) is 0 Å². The Kier molecular flexibility index (Phi) is 4.95. The molecule has 0 spiro atoms. The molecule has 0 N–H and O–H groups in total. The maximum absolute atomic E-state index is 13.4. The lowest BCUT2D eigenvalue weighted by molar-refractivity contribution is 0.569. The van der Waals surface area contributed by atoms with E-state index in [0.29, 0.717) is 11.3 Å². The summed E-state index contributed by atoms with van der Waals surface area (Å²) < 4.78 is 26.8. The van der Waals surface area contributed by atoms with E-state index in [-0.39, 0.29) is 5.92 Å². The third kappa shape index (κ3) is 3.74. The van der Waals surface area contributed by atoms with Crippen LogP contribution in [0.4, 0.5) is 0 Å². The molecule has 0 radical (unpaired) electrons. The van der Waals surface area contributed by atoms with Gasteiger partial charge in [0.05, 0.1) is 10.1 Å². The van der Waals surface area contributed by atoms with Crippen LogP contribution in [0.15, 0.2) is 101 Å². The summed E-state index contributed by atoms with van der Waals surface area (Å²) in [6, 6.07) is 29.0. The predicted octanol–water partition coefficient (Wildman–Crippen LogP) is 5.49. The topological polar surface area (TPSA) is 34.1 Å². The number of sulfone groups is 1. The fourth-order valence-corrected chi connectivity index (χ4v) is 5.95. The first-order valence-electron chi connectivity index (χ1n) is 9.23. The number of hydrogen-bond acceptors (Lipinski definition) is 2. The number of benzene rings is 3. The van der Waals surface area contributed by atoms with Crippen LogP contribution in [-0.4, -0.2) is 13.7 Å². The van der Waals surface area contributed by atoms with Crippen molar-refractivity contribution in [3.05, 3.63) is 108 Å². The van der Waals surface area contributed by atoms with Gasteiger partial charge in [-0.25, -0.2) is 8.42 Å². The quantitative estimate of drug-likeness (QED) is 0.605. The van der Waals surface area contributed by atoms with Gasteiger partial charge in [-0.15, -0.1) is 0 Å². The second kappa shape index (κ2) is 7.53. The van der Waals surface area contributed by atoms with Crippen molar-refractivity contribution in [2.45, 2.75) is 28.9 Å². The summed E-state index contributed by atoms with van der Waals surface area (Å²) in [6.07, 6.45) is 3.50. The molecule has 0 heterocycles. The van der Waals surface area contributed by atoms with Gasteiger partial charge < -0.3 is 0 Å². The second-order valence-electron chi connectivity index (χ2n) is 7.04. The molecule has 3 aromatic rings. The molecular weight excluding hydrogens is 352 g/mol. The van der Waals surface area contributed by atoms with E-state index in [1.165, 1.54) is 5.57 Å². The first-order chi connectivity index (χ1) is 13.1. The van der Waals surface area contributed by atoms with Crippen LogP contribution in [0.3, 0.4) is 0 Å². The molecule has 2 unspecified atom stereocenters. The minimum atomic E-state index is -3.40. The maximum atomic E-state index is 13.4. The summed E-state index contributed by atoms with van der Waals surface area (Å²) in [5, 5.41) is -0.433. The van der Waals surface area contributed by atoms with Crippen molar-refractivity contribution < 1.29 is 8.42 Å². The summed E-state index contributed by atoms with van der Waals surface area (Å²) in [7, 11) is -3.40. The summed E-state index contributed by atoms with van der Waals surface area (Å²) in [6.45, 7) is 0. The van der Waals surface area contributed by atoms with E-state index in [1.54, 1.807) is 24.3 Å². The highest BCUT2D eigenvalue weighted by Gasteiger charge is 2.41. The van der Waals surface area contributed by atoms with Gasteiger partial charge in [-0.3, -0.25) is 0 Å². The summed E-state index contributed by atoms with van der Waals surface area (Å²) >= 11 is 0. The van der Waals surface area contributed by atoms with E-state index >= 15 is 0 Å². The summed E-state index contributed by atoms with van der Waals surface area (Å²) in [5.74, 6) is -0.0219. The predicted molar refractivity (Wildman–Crippen MR) is 110 cm³/mol. The lowest BCUT2D eigenvalue weighted by Gasteiger charge is -2.20. The Labute approximate surface area is 161 Å². The van der Waals surface area contributed by atoms with Crippen LogP contribution >= 0.6 is 0 Å². The molecule has 136 valence electrons. The average molecular weight is 375 g/mol. The van der Waals surface area contributed by atoms with Crippen molar-refractivity contribution >= 4 is 15.9 Å². The molecular formula is C24H22O2S. The van der Waals surface area contributed by atoms with Crippen LogP contribution in [0.5, 0.6) is 0 Å². The van der Waals surface area contributed by atoms with Crippen LogP contribution < -0.4 is 0 Å². The normalized spacial score (nSPS) is 21.4. The van der Waals surface area contributed by atoms with Crippen molar-refractivity contribution in [1.29, 1.82) is 0 Å². The molecule has 1 aliphatic rings.